The van der Waals surface area contributed by atoms with Gasteiger partial charge in [0.25, 0.3) is 5.91 Å². The highest BCUT2D eigenvalue weighted by Gasteiger charge is 2.24. The second-order valence-corrected chi connectivity index (χ2v) is 7.80. The largest absolute Gasteiger partial charge is 0.427 e. The summed E-state index contributed by atoms with van der Waals surface area (Å²) < 4.78 is 5.01. The molecule has 1 fully saturated rings. The Morgan fingerprint density at radius 2 is 1.85 bits per heavy atom. The van der Waals surface area contributed by atoms with E-state index in [0.717, 1.165) is 22.8 Å². The van der Waals surface area contributed by atoms with Crippen molar-refractivity contribution in [2.24, 2.45) is 0 Å². The summed E-state index contributed by atoms with van der Waals surface area (Å²) in [6.07, 6.45) is 0.867. The number of benzene rings is 2. The number of rotatable bonds is 3. The lowest BCUT2D eigenvalue weighted by Crippen LogP contribution is -2.32. The molecule has 1 amide bonds. The molecule has 2 aromatic carbocycles. The van der Waals surface area contributed by atoms with Gasteiger partial charge in [0.1, 0.15) is 5.75 Å². The molecular weight excluding hydrogens is 370 g/mol. The van der Waals surface area contributed by atoms with Gasteiger partial charge in [0.05, 0.1) is 0 Å². The standard InChI is InChI=1S/C20H20ClNO3S/c1-14(23)25-16-8-6-15(7-9-16)20(24)22-11-10-19(26-13-12-22)17-4-2-3-5-18(17)21/h2-9,19H,10-13H2,1H3. The van der Waals surface area contributed by atoms with Gasteiger partial charge < -0.3 is 9.64 Å². The number of carbonyl (C=O) groups is 2. The molecule has 0 bridgehead atoms. The fourth-order valence-corrected chi connectivity index (χ4v) is 4.57. The number of carbonyl (C=O) groups excluding carboxylic acids is 2. The van der Waals surface area contributed by atoms with Crippen LogP contribution in [-0.2, 0) is 4.79 Å². The highest BCUT2D eigenvalue weighted by molar-refractivity contribution is 7.99. The molecular formula is C20H20ClNO3S. The summed E-state index contributed by atoms with van der Waals surface area (Å²) in [7, 11) is 0. The molecule has 1 heterocycles. The van der Waals surface area contributed by atoms with E-state index in [1.807, 2.05) is 34.9 Å². The molecule has 3 rings (SSSR count). The highest BCUT2D eigenvalue weighted by Crippen LogP contribution is 2.38. The fourth-order valence-electron chi connectivity index (χ4n) is 2.97. The third-order valence-electron chi connectivity index (χ3n) is 4.24. The smallest absolute Gasteiger partial charge is 0.308 e. The quantitative estimate of drug-likeness (QED) is 0.569. The molecule has 1 atom stereocenters. The minimum absolute atomic E-state index is 0.000200. The van der Waals surface area contributed by atoms with Crippen LogP contribution in [0.15, 0.2) is 48.5 Å². The third-order valence-corrected chi connectivity index (χ3v) is 5.90. The van der Waals surface area contributed by atoms with E-state index in [9.17, 15) is 9.59 Å². The second-order valence-electron chi connectivity index (χ2n) is 6.08. The van der Waals surface area contributed by atoms with Gasteiger partial charge in [-0.15, -0.1) is 0 Å². The van der Waals surface area contributed by atoms with E-state index in [2.05, 4.69) is 6.07 Å². The minimum atomic E-state index is -0.376. The highest BCUT2D eigenvalue weighted by atomic mass is 35.5. The minimum Gasteiger partial charge on any atom is -0.427 e. The Kier molecular flexibility index (Phi) is 6.22. The van der Waals surface area contributed by atoms with Gasteiger partial charge in [-0.25, -0.2) is 0 Å². The Hall–Kier alpha value is -1.98. The molecule has 1 unspecified atom stereocenters. The van der Waals surface area contributed by atoms with Crippen molar-refractivity contribution in [3.05, 3.63) is 64.7 Å². The van der Waals surface area contributed by atoms with Crippen LogP contribution in [0.5, 0.6) is 5.75 Å². The van der Waals surface area contributed by atoms with Crippen LogP contribution in [0, 0.1) is 0 Å². The molecule has 0 spiro atoms. The zero-order chi connectivity index (χ0) is 18.5. The van der Waals surface area contributed by atoms with Crippen molar-refractivity contribution in [2.45, 2.75) is 18.6 Å². The maximum Gasteiger partial charge on any atom is 0.308 e. The van der Waals surface area contributed by atoms with Crippen LogP contribution in [0.25, 0.3) is 0 Å². The summed E-state index contributed by atoms with van der Waals surface area (Å²) in [5.74, 6) is 0.936. The second kappa shape index (κ2) is 8.60. The van der Waals surface area contributed by atoms with E-state index in [-0.39, 0.29) is 11.9 Å². The average molecular weight is 390 g/mol. The normalized spacial score (nSPS) is 17.5. The average Bonchev–Trinajstić information content (AvgIpc) is 2.88. The third kappa shape index (κ3) is 4.59. The summed E-state index contributed by atoms with van der Waals surface area (Å²) in [6, 6.07) is 14.6. The molecule has 136 valence electrons. The van der Waals surface area contributed by atoms with Crippen molar-refractivity contribution in [2.75, 3.05) is 18.8 Å². The Balaban J connectivity index is 1.66. The number of halogens is 1. The van der Waals surface area contributed by atoms with E-state index in [4.69, 9.17) is 16.3 Å². The monoisotopic (exact) mass is 389 g/mol. The topological polar surface area (TPSA) is 46.6 Å². The molecule has 0 aliphatic carbocycles. The van der Waals surface area contributed by atoms with E-state index >= 15 is 0 Å². The molecule has 1 aliphatic rings. The van der Waals surface area contributed by atoms with Crippen LogP contribution >= 0.6 is 23.4 Å². The van der Waals surface area contributed by atoms with E-state index in [1.54, 1.807) is 24.3 Å². The number of thioether (sulfide) groups is 1. The maximum absolute atomic E-state index is 12.8. The number of nitrogens with zero attached hydrogens (tertiary/aromatic N) is 1. The summed E-state index contributed by atoms with van der Waals surface area (Å²) in [5.41, 5.74) is 1.74. The van der Waals surface area contributed by atoms with E-state index < -0.39 is 0 Å². The van der Waals surface area contributed by atoms with Gasteiger partial charge in [-0.2, -0.15) is 11.8 Å². The first-order chi connectivity index (χ1) is 12.5. The van der Waals surface area contributed by atoms with Gasteiger partial charge in [0.2, 0.25) is 0 Å². The van der Waals surface area contributed by atoms with Gasteiger partial charge in [-0.1, -0.05) is 29.8 Å². The molecule has 0 saturated carbocycles. The molecule has 0 aromatic heterocycles. The maximum atomic E-state index is 12.8. The number of ether oxygens (including phenoxy) is 1. The van der Waals surface area contributed by atoms with Gasteiger partial charge in [0.15, 0.2) is 0 Å². The zero-order valence-electron chi connectivity index (χ0n) is 14.5. The lowest BCUT2D eigenvalue weighted by Gasteiger charge is -2.20. The Morgan fingerprint density at radius 1 is 1.12 bits per heavy atom. The molecule has 1 aliphatic heterocycles. The fraction of sp³-hybridized carbons (Fsp3) is 0.300. The van der Waals surface area contributed by atoms with Crippen molar-refractivity contribution in [3.63, 3.8) is 0 Å². The van der Waals surface area contributed by atoms with Crippen molar-refractivity contribution in [1.29, 1.82) is 0 Å². The molecule has 26 heavy (non-hydrogen) atoms. The van der Waals surface area contributed by atoms with Gasteiger partial charge >= 0.3 is 5.97 Å². The number of amides is 1. The predicted octanol–water partition coefficient (Wildman–Crippen LogP) is 4.59. The van der Waals surface area contributed by atoms with Crippen molar-refractivity contribution >= 4 is 35.2 Å². The summed E-state index contributed by atoms with van der Waals surface area (Å²) in [5, 5.41) is 1.08. The Labute approximate surface area is 162 Å². The molecule has 4 nitrogen and oxygen atoms in total. The summed E-state index contributed by atoms with van der Waals surface area (Å²) in [6.45, 7) is 2.74. The Morgan fingerprint density at radius 3 is 2.54 bits per heavy atom. The molecule has 0 N–H and O–H groups in total. The first kappa shape index (κ1) is 18.8. The lowest BCUT2D eigenvalue weighted by atomic mass is 10.1. The number of hydrogen-bond acceptors (Lipinski definition) is 4. The molecule has 1 saturated heterocycles. The van der Waals surface area contributed by atoms with Crippen LogP contribution < -0.4 is 4.74 Å². The number of esters is 1. The van der Waals surface area contributed by atoms with E-state index in [1.165, 1.54) is 6.92 Å². The van der Waals surface area contributed by atoms with Crippen molar-refractivity contribution in [1.82, 2.24) is 4.90 Å². The van der Waals surface area contributed by atoms with Gasteiger partial charge in [-0.3, -0.25) is 9.59 Å². The predicted molar refractivity (Wildman–Crippen MR) is 105 cm³/mol. The van der Waals surface area contributed by atoms with Crippen LogP contribution in [0.3, 0.4) is 0 Å². The zero-order valence-corrected chi connectivity index (χ0v) is 16.1. The van der Waals surface area contributed by atoms with Crippen LogP contribution in [0.4, 0.5) is 0 Å². The van der Waals surface area contributed by atoms with Gasteiger partial charge in [-0.05, 0) is 42.3 Å². The molecule has 2 aromatic rings. The Bertz CT molecular complexity index is 794. The van der Waals surface area contributed by atoms with E-state index in [0.29, 0.717) is 29.7 Å². The first-order valence-corrected chi connectivity index (χ1v) is 9.91. The van der Waals surface area contributed by atoms with Crippen LogP contribution in [0.2, 0.25) is 5.02 Å². The molecule has 6 heteroatoms. The van der Waals surface area contributed by atoms with Crippen LogP contribution in [-0.4, -0.2) is 35.6 Å². The SMILES string of the molecule is CC(=O)Oc1ccc(C(=O)N2CCSC(c3ccccc3Cl)CC2)cc1. The lowest BCUT2D eigenvalue weighted by molar-refractivity contribution is -0.131. The number of hydrogen-bond donors (Lipinski definition) is 0. The van der Waals surface area contributed by atoms with Crippen LogP contribution in [0.1, 0.15) is 34.5 Å². The van der Waals surface area contributed by atoms with Gasteiger partial charge in [0, 0.05) is 41.6 Å². The summed E-state index contributed by atoms with van der Waals surface area (Å²) in [4.78, 5) is 25.6. The summed E-state index contributed by atoms with van der Waals surface area (Å²) >= 11 is 8.17. The molecule has 0 radical (unpaired) electrons. The first-order valence-electron chi connectivity index (χ1n) is 8.48. The van der Waals surface area contributed by atoms with Crippen molar-refractivity contribution in [3.8, 4) is 5.75 Å². The van der Waals surface area contributed by atoms with Crippen molar-refractivity contribution < 1.29 is 14.3 Å².